The normalized spacial score (nSPS) is 26.1. The predicted molar refractivity (Wildman–Crippen MR) is 38.8 cm³/mol. The SMILES string of the molecule is NNC1CCCCC1=C=O. The van der Waals surface area contributed by atoms with Crippen LogP contribution in [0, 0.1) is 0 Å². The zero-order chi connectivity index (χ0) is 7.40. The van der Waals surface area contributed by atoms with Gasteiger partial charge < -0.3 is 0 Å². The number of hydrogen-bond acceptors (Lipinski definition) is 3. The van der Waals surface area contributed by atoms with Gasteiger partial charge in [0.1, 0.15) is 5.94 Å². The first kappa shape index (κ1) is 7.48. The second kappa shape index (κ2) is 3.52. The summed E-state index contributed by atoms with van der Waals surface area (Å²) in [6.07, 6.45) is 4.09. The van der Waals surface area contributed by atoms with Crippen molar-refractivity contribution < 1.29 is 4.79 Å². The molecule has 1 fully saturated rings. The van der Waals surface area contributed by atoms with E-state index in [-0.39, 0.29) is 6.04 Å². The highest BCUT2D eigenvalue weighted by atomic mass is 16.1. The van der Waals surface area contributed by atoms with Gasteiger partial charge >= 0.3 is 0 Å². The number of hydrazine groups is 1. The second-order valence-electron chi connectivity index (χ2n) is 2.59. The van der Waals surface area contributed by atoms with Crippen molar-refractivity contribution in [1.29, 1.82) is 0 Å². The number of hydrogen-bond donors (Lipinski definition) is 2. The van der Waals surface area contributed by atoms with Gasteiger partial charge in [-0.2, -0.15) is 0 Å². The molecule has 3 N–H and O–H groups in total. The molecular formula is C7H12N2O. The smallest absolute Gasteiger partial charge is 0.125 e. The Kier molecular flexibility index (Phi) is 2.63. The van der Waals surface area contributed by atoms with Gasteiger partial charge in [0.2, 0.25) is 0 Å². The lowest BCUT2D eigenvalue weighted by atomic mass is 9.91. The molecule has 1 unspecified atom stereocenters. The average molecular weight is 140 g/mol. The minimum absolute atomic E-state index is 0.0891. The molecule has 0 amide bonds. The molecule has 1 rings (SSSR count). The Hall–Kier alpha value is -0.630. The highest BCUT2D eigenvalue weighted by molar-refractivity contribution is 5.54. The topological polar surface area (TPSA) is 55.1 Å². The van der Waals surface area contributed by atoms with Crippen molar-refractivity contribution in [2.45, 2.75) is 31.7 Å². The van der Waals surface area contributed by atoms with E-state index in [1.165, 1.54) is 0 Å². The van der Waals surface area contributed by atoms with Gasteiger partial charge in [0.25, 0.3) is 0 Å². The molecule has 1 saturated carbocycles. The van der Waals surface area contributed by atoms with E-state index >= 15 is 0 Å². The monoisotopic (exact) mass is 140 g/mol. The van der Waals surface area contributed by atoms with E-state index in [2.05, 4.69) is 5.43 Å². The van der Waals surface area contributed by atoms with Gasteiger partial charge in [-0.15, -0.1) is 0 Å². The fourth-order valence-corrected chi connectivity index (χ4v) is 1.32. The summed E-state index contributed by atoms with van der Waals surface area (Å²) in [5, 5.41) is 0. The fraction of sp³-hybridized carbons (Fsp3) is 0.714. The Morgan fingerprint density at radius 1 is 1.60 bits per heavy atom. The number of nitrogens with two attached hydrogens (primary N) is 1. The molecule has 0 saturated heterocycles. The molecule has 10 heavy (non-hydrogen) atoms. The highest BCUT2D eigenvalue weighted by Crippen LogP contribution is 2.20. The Morgan fingerprint density at radius 3 is 2.90 bits per heavy atom. The van der Waals surface area contributed by atoms with E-state index in [9.17, 15) is 4.79 Å². The van der Waals surface area contributed by atoms with Crippen molar-refractivity contribution in [3.63, 3.8) is 0 Å². The van der Waals surface area contributed by atoms with E-state index in [1.54, 1.807) is 0 Å². The summed E-state index contributed by atoms with van der Waals surface area (Å²) < 4.78 is 0. The lowest BCUT2D eigenvalue weighted by Gasteiger charge is -2.21. The number of nitrogens with one attached hydrogen (secondary N) is 1. The van der Waals surface area contributed by atoms with Gasteiger partial charge in [-0.25, -0.2) is 4.79 Å². The van der Waals surface area contributed by atoms with Crippen LogP contribution in [0.4, 0.5) is 0 Å². The van der Waals surface area contributed by atoms with Gasteiger partial charge in [-0.1, -0.05) is 6.42 Å². The standard InChI is InChI=1S/C7H12N2O/c8-9-7-4-2-1-3-6(7)5-10/h7,9H,1-4,8H2. The van der Waals surface area contributed by atoms with Crippen LogP contribution in [0.5, 0.6) is 0 Å². The molecule has 3 heteroatoms. The zero-order valence-electron chi connectivity index (χ0n) is 5.89. The van der Waals surface area contributed by atoms with Crippen LogP contribution in [0.2, 0.25) is 0 Å². The van der Waals surface area contributed by atoms with E-state index in [4.69, 9.17) is 5.84 Å². The van der Waals surface area contributed by atoms with Crippen molar-refractivity contribution in [2.75, 3.05) is 0 Å². The minimum Gasteiger partial charge on any atom is -0.271 e. The van der Waals surface area contributed by atoms with Gasteiger partial charge in [-0.3, -0.25) is 11.3 Å². The van der Waals surface area contributed by atoms with Crippen molar-refractivity contribution in [2.24, 2.45) is 5.84 Å². The van der Waals surface area contributed by atoms with Crippen LogP contribution < -0.4 is 11.3 Å². The largest absolute Gasteiger partial charge is 0.271 e. The van der Waals surface area contributed by atoms with E-state index < -0.39 is 0 Å². The number of rotatable bonds is 1. The summed E-state index contributed by atoms with van der Waals surface area (Å²) in [5.41, 5.74) is 3.41. The summed E-state index contributed by atoms with van der Waals surface area (Å²) in [6, 6.07) is 0.0891. The van der Waals surface area contributed by atoms with Crippen LogP contribution in [-0.4, -0.2) is 12.0 Å². The van der Waals surface area contributed by atoms with E-state index in [1.807, 2.05) is 5.94 Å². The van der Waals surface area contributed by atoms with Gasteiger partial charge in [0, 0.05) is 5.57 Å². The minimum atomic E-state index is 0.0891. The molecule has 0 aromatic rings. The maximum atomic E-state index is 10.3. The summed E-state index contributed by atoms with van der Waals surface area (Å²) in [6.45, 7) is 0. The maximum Gasteiger partial charge on any atom is 0.125 e. The van der Waals surface area contributed by atoms with E-state index in [0.717, 1.165) is 31.3 Å². The Bertz CT molecular complexity index is 161. The lowest BCUT2D eigenvalue weighted by Crippen LogP contribution is -2.38. The van der Waals surface area contributed by atoms with Crippen molar-refractivity contribution in [3.8, 4) is 0 Å². The summed E-state index contributed by atoms with van der Waals surface area (Å²) >= 11 is 0. The first-order chi connectivity index (χ1) is 4.88. The highest BCUT2D eigenvalue weighted by Gasteiger charge is 2.17. The molecule has 0 heterocycles. The molecule has 0 aliphatic heterocycles. The third-order valence-electron chi connectivity index (χ3n) is 1.94. The Morgan fingerprint density at radius 2 is 2.40 bits per heavy atom. The summed E-state index contributed by atoms with van der Waals surface area (Å²) in [7, 11) is 0. The first-order valence-corrected chi connectivity index (χ1v) is 3.58. The lowest BCUT2D eigenvalue weighted by molar-refractivity contribution is 0.461. The molecule has 0 bridgehead atoms. The Labute approximate surface area is 60.3 Å². The summed E-state index contributed by atoms with van der Waals surface area (Å²) in [5.74, 6) is 7.15. The van der Waals surface area contributed by atoms with Crippen LogP contribution in [0.3, 0.4) is 0 Å². The molecule has 1 aliphatic rings. The van der Waals surface area contributed by atoms with Gasteiger partial charge in [0.05, 0.1) is 6.04 Å². The van der Waals surface area contributed by atoms with Crippen molar-refractivity contribution in [1.82, 2.24) is 5.43 Å². The van der Waals surface area contributed by atoms with Crippen molar-refractivity contribution in [3.05, 3.63) is 5.57 Å². The molecule has 0 radical (unpaired) electrons. The van der Waals surface area contributed by atoms with Crippen LogP contribution in [0.25, 0.3) is 0 Å². The van der Waals surface area contributed by atoms with Crippen LogP contribution >= 0.6 is 0 Å². The van der Waals surface area contributed by atoms with Crippen LogP contribution in [0.1, 0.15) is 25.7 Å². The molecule has 0 aromatic carbocycles. The molecule has 3 nitrogen and oxygen atoms in total. The molecular weight excluding hydrogens is 128 g/mol. The van der Waals surface area contributed by atoms with Gasteiger partial charge in [-0.05, 0) is 19.3 Å². The average Bonchev–Trinajstić information content (AvgIpc) is 2.04. The molecule has 0 spiro atoms. The fourth-order valence-electron chi connectivity index (χ4n) is 1.32. The molecule has 56 valence electrons. The zero-order valence-corrected chi connectivity index (χ0v) is 5.89. The maximum absolute atomic E-state index is 10.3. The molecule has 1 atom stereocenters. The van der Waals surface area contributed by atoms with Crippen LogP contribution in [0.15, 0.2) is 5.57 Å². The Balaban J connectivity index is 2.59. The molecule has 0 aromatic heterocycles. The predicted octanol–water partition coefficient (Wildman–Crippen LogP) is 0.150. The van der Waals surface area contributed by atoms with Crippen molar-refractivity contribution >= 4 is 5.94 Å². The van der Waals surface area contributed by atoms with E-state index in [0.29, 0.717) is 0 Å². The molecule has 1 aliphatic carbocycles. The van der Waals surface area contributed by atoms with Crippen LogP contribution in [-0.2, 0) is 4.79 Å². The summed E-state index contributed by atoms with van der Waals surface area (Å²) in [4.78, 5) is 10.3. The first-order valence-electron chi connectivity index (χ1n) is 3.58. The quantitative estimate of drug-likeness (QED) is 0.310. The second-order valence-corrected chi connectivity index (χ2v) is 2.59. The third-order valence-corrected chi connectivity index (χ3v) is 1.94. The van der Waals surface area contributed by atoms with Gasteiger partial charge in [0.15, 0.2) is 0 Å². The number of carbonyl (C=O) groups excluding carboxylic acids is 1. The third kappa shape index (κ3) is 1.45.